The number of carbonyl (C=O) groups is 1. The minimum Gasteiger partial charge on any atom is -0.454 e. The zero-order chi connectivity index (χ0) is 21.7. The molecule has 0 bridgehead atoms. The lowest BCUT2D eigenvalue weighted by Crippen LogP contribution is -2.33. The number of ketones is 1. The van der Waals surface area contributed by atoms with Crippen molar-refractivity contribution in [3.8, 4) is 17.6 Å². The fourth-order valence-electron chi connectivity index (χ4n) is 4.62. The minimum atomic E-state index is -0.455. The van der Waals surface area contributed by atoms with E-state index in [2.05, 4.69) is 27.3 Å². The maximum absolute atomic E-state index is 13.4. The highest BCUT2D eigenvalue weighted by molar-refractivity contribution is 9.10. The quantitative estimate of drug-likeness (QED) is 0.575. The van der Waals surface area contributed by atoms with Gasteiger partial charge in [0.05, 0.1) is 17.6 Å². The normalized spacial score (nSPS) is 22.2. The molecule has 5 nitrogen and oxygen atoms in total. The Morgan fingerprint density at radius 1 is 1.16 bits per heavy atom. The molecule has 2 heterocycles. The van der Waals surface area contributed by atoms with Crippen molar-refractivity contribution in [1.82, 2.24) is 5.32 Å². The van der Waals surface area contributed by atoms with Gasteiger partial charge in [0, 0.05) is 32.9 Å². The molecule has 0 radical (unpaired) electrons. The summed E-state index contributed by atoms with van der Waals surface area (Å²) >= 11 is 9.65. The van der Waals surface area contributed by atoms with Gasteiger partial charge in [-0.1, -0.05) is 39.7 Å². The van der Waals surface area contributed by atoms with Gasteiger partial charge in [0.15, 0.2) is 17.3 Å². The van der Waals surface area contributed by atoms with Crippen molar-refractivity contribution in [2.24, 2.45) is 0 Å². The lowest BCUT2D eigenvalue weighted by atomic mass is 9.72. The van der Waals surface area contributed by atoms with Gasteiger partial charge in [0.25, 0.3) is 0 Å². The summed E-state index contributed by atoms with van der Waals surface area (Å²) in [5.41, 5.74) is 4.75. The molecule has 2 aliphatic heterocycles. The van der Waals surface area contributed by atoms with Crippen LogP contribution in [0.1, 0.15) is 42.7 Å². The van der Waals surface area contributed by atoms with Gasteiger partial charge in [0.1, 0.15) is 0 Å². The summed E-state index contributed by atoms with van der Waals surface area (Å²) in [7, 11) is 0. The number of allylic oxidation sites excluding steroid dienone is 4. The van der Waals surface area contributed by atoms with Gasteiger partial charge in [0.2, 0.25) is 6.79 Å². The molecule has 0 aromatic heterocycles. The van der Waals surface area contributed by atoms with Gasteiger partial charge < -0.3 is 14.8 Å². The zero-order valence-corrected chi connectivity index (χ0v) is 19.0. The molecule has 31 heavy (non-hydrogen) atoms. The standard InChI is InChI=1S/C24H18BrClN2O3/c1-12-17(10-27)23(16-8-21-22(9-18(16)25)31-11-30-21)24-19(28-12)6-14(7-20(24)29)13-2-4-15(26)5-3-13/h2-5,8-9,14,23,28H,6-7,11H2,1H3/t14-,23+/m1/s1. The zero-order valence-electron chi connectivity index (χ0n) is 16.7. The van der Waals surface area contributed by atoms with Crippen molar-refractivity contribution in [1.29, 1.82) is 5.26 Å². The van der Waals surface area contributed by atoms with Crippen molar-refractivity contribution in [2.45, 2.75) is 31.6 Å². The van der Waals surface area contributed by atoms with Crippen LogP contribution in [0.15, 0.2) is 63.4 Å². The molecule has 156 valence electrons. The predicted molar refractivity (Wildman–Crippen MR) is 120 cm³/mol. The van der Waals surface area contributed by atoms with Crippen LogP contribution in [0.5, 0.6) is 11.5 Å². The highest BCUT2D eigenvalue weighted by Crippen LogP contribution is 2.49. The van der Waals surface area contributed by atoms with Crippen molar-refractivity contribution >= 4 is 33.3 Å². The summed E-state index contributed by atoms with van der Waals surface area (Å²) in [6.45, 7) is 2.04. The van der Waals surface area contributed by atoms with Crippen LogP contribution in [-0.2, 0) is 4.79 Å². The van der Waals surface area contributed by atoms with Gasteiger partial charge in [-0.15, -0.1) is 0 Å². The average Bonchev–Trinajstić information content (AvgIpc) is 3.19. The van der Waals surface area contributed by atoms with Crippen molar-refractivity contribution in [2.75, 3.05) is 6.79 Å². The van der Waals surface area contributed by atoms with E-state index in [9.17, 15) is 10.1 Å². The van der Waals surface area contributed by atoms with Crippen LogP contribution < -0.4 is 14.8 Å². The van der Waals surface area contributed by atoms with Crippen molar-refractivity contribution in [3.05, 3.63) is 79.6 Å². The lowest BCUT2D eigenvalue weighted by molar-refractivity contribution is -0.116. The van der Waals surface area contributed by atoms with E-state index in [4.69, 9.17) is 21.1 Å². The number of carbonyl (C=O) groups excluding carboxylic acids is 1. The third-order valence-corrected chi connectivity index (χ3v) is 7.03. The molecule has 5 rings (SSSR count). The predicted octanol–water partition coefficient (Wildman–Crippen LogP) is 5.72. The molecule has 0 saturated heterocycles. The van der Waals surface area contributed by atoms with Crippen LogP contribution >= 0.6 is 27.5 Å². The number of nitriles is 1. The summed E-state index contributed by atoms with van der Waals surface area (Å²) < 4.78 is 11.8. The van der Waals surface area contributed by atoms with Crippen LogP contribution in [0, 0.1) is 11.3 Å². The smallest absolute Gasteiger partial charge is 0.231 e. The Hall–Kier alpha value is -2.75. The fraction of sp³-hybridized carbons (Fsp3) is 0.250. The van der Waals surface area contributed by atoms with E-state index in [0.717, 1.165) is 27.0 Å². The topological polar surface area (TPSA) is 71.3 Å². The number of fused-ring (bicyclic) bond motifs is 1. The molecule has 2 aromatic carbocycles. The van der Waals surface area contributed by atoms with Crippen LogP contribution in [0.25, 0.3) is 0 Å². The molecule has 7 heteroatoms. The molecule has 2 aromatic rings. The molecule has 0 saturated carbocycles. The maximum Gasteiger partial charge on any atom is 0.231 e. The third kappa shape index (κ3) is 3.42. The van der Waals surface area contributed by atoms with Crippen molar-refractivity contribution < 1.29 is 14.3 Å². The largest absolute Gasteiger partial charge is 0.454 e. The summed E-state index contributed by atoms with van der Waals surface area (Å²) in [5, 5.41) is 14.0. The minimum absolute atomic E-state index is 0.0449. The van der Waals surface area contributed by atoms with Gasteiger partial charge in [-0.2, -0.15) is 5.26 Å². The first-order chi connectivity index (χ1) is 15.0. The second-order valence-corrected chi connectivity index (χ2v) is 9.20. The molecule has 1 aliphatic carbocycles. The van der Waals surface area contributed by atoms with Crippen LogP contribution in [0.2, 0.25) is 5.02 Å². The summed E-state index contributed by atoms with van der Waals surface area (Å²) in [6.07, 6.45) is 1.08. The number of halogens is 2. The number of nitrogens with zero attached hydrogens (tertiary/aromatic N) is 1. The molecule has 3 aliphatic rings. The third-order valence-electron chi connectivity index (χ3n) is 6.09. The van der Waals surface area contributed by atoms with E-state index >= 15 is 0 Å². The number of hydrogen-bond acceptors (Lipinski definition) is 5. The molecule has 0 fully saturated rings. The first-order valence-corrected chi connectivity index (χ1v) is 11.1. The summed E-state index contributed by atoms with van der Waals surface area (Å²) in [6, 6.07) is 13.7. The highest BCUT2D eigenvalue weighted by atomic mass is 79.9. The molecule has 1 N–H and O–H groups in total. The number of dihydropyridines is 1. The first-order valence-electron chi connectivity index (χ1n) is 9.95. The van der Waals surface area contributed by atoms with E-state index in [-0.39, 0.29) is 18.5 Å². The second kappa shape index (κ2) is 7.74. The van der Waals surface area contributed by atoms with Gasteiger partial charge >= 0.3 is 0 Å². The molecule has 2 atom stereocenters. The SMILES string of the molecule is CC1=C(C#N)[C@H](c2cc3c(cc2Br)OCO3)C2=C(C[C@@H](c3ccc(Cl)cc3)CC2=O)N1. The average molecular weight is 498 g/mol. The number of hydrogen-bond donors (Lipinski definition) is 1. The van der Waals surface area contributed by atoms with Gasteiger partial charge in [-0.25, -0.2) is 0 Å². The van der Waals surface area contributed by atoms with Crippen molar-refractivity contribution in [3.63, 3.8) is 0 Å². The number of rotatable bonds is 2. The molecule has 0 unspecified atom stereocenters. The molecular formula is C24H18BrClN2O3. The van der Waals surface area contributed by atoms with Gasteiger partial charge in [-0.05, 0) is 54.7 Å². The Bertz CT molecular complexity index is 1210. The Labute approximate surface area is 193 Å². The van der Waals surface area contributed by atoms with Crippen LogP contribution in [0.3, 0.4) is 0 Å². The monoisotopic (exact) mass is 496 g/mol. The number of nitrogens with one attached hydrogen (secondary N) is 1. The fourth-order valence-corrected chi connectivity index (χ4v) is 5.30. The van der Waals surface area contributed by atoms with E-state index in [1.165, 1.54) is 0 Å². The van der Waals surface area contributed by atoms with Crippen LogP contribution in [-0.4, -0.2) is 12.6 Å². The highest BCUT2D eigenvalue weighted by Gasteiger charge is 2.40. The Kier molecular flexibility index (Phi) is 5.04. The van der Waals surface area contributed by atoms with E-state index in [1.54, 1.807) is 0 Å². The van der Waals surface area contributed by atoms with E-state index in [0.29, 0.717) is 40.5 Å². The second-order valence-electron chi connectivity index (χ2n) is 7.91. The Morgan fingerprint density at radius 3 is 2.58 bits per heavy atom. The number of benzene rings is 2. The van der Waals surface area contributed by atoms with E-state index in [1.807, 2.05) is 43.3 Å². The van der Waals surface area contributed by atoms with E-state index < -0.39 is 5.92 Å². The number of ether oxygens (including phenoxy) is 2. The Morgan fingerprint density at radius 2 is 1.87 bits per heavy atom. The molecule has 0 amide bonds. The first kappa shape index (κ1) is 20.2. The van der Waals surface area contributed by atoms with Crippen LogP contribution in [0.4, 0.5) is 0 Å². The Balaban J connectivity index is 1.60. The maximum atomic E-state index is 13.4. The van der Waals surface area contributed by atoms with Gasteiger partial charge in [-0.3, -0.25) is 4.79 Å². The molecular weight excluding hydrogens is 480 g/mol. The lowest BCUT2D eigenvalue weighted by Gasteiger charge is -2.36. The summed E-state index contributed by atoms with van der Waals surface area (Å²) in [4.78, 5) is 13.4. The summed E-state index contributed by atoms with van der Waals surface area (Å²) in [5.74, 6) is 0.924. The number of Topliss-reactive ketones (excluding diaryl/α,β-unsaturated/α-hetero) is 1. The molecule has 0 spiro atoms.